The fourth-order valence-corrected chi connectivity index (χ4v) is 4.04. The van der Waals surface area contributed by atoms with Crippen molar-refractivity contribution in [3.63, 3.8) is 0 Å². The van der Waals surface area contributed by atoms with Crippen LogP contribution in [0.5, 0.6) is 5.75 Å². The van der Waals surface area contributed by atoms with Gasteiger partial charge in [-0.25, -0.2) is 0 Å². The molecule has 0 saturated carbocycles. The van der Waals surface area contributed by atoms with Crippen LogP contribution in [0.4, 0.5) is 0 Å². The number of nitrogens with one attached hydrogen (secondary N) is 2. The van der Waals surface area contributed by atoms with Gasteiger partial charge in [0.25, 0.3) is 0 Å². The van der Waals surface area contributed by atoms with E-state index in [0.717, 1.165) is 50.0 Å². The van der Waals surface area contributed by atoms with Crippen molar-refractivity contribution in [2.75, 3.05) is 19.6 Å². The molecule has 4 rings (SSSR count). The molecule has 0 aliphatic carbocycles. The predicted octanol–water partition coefficient (Wildman–Crippen LogP) is 3.44. The number of likely N-dealkylation sites (tertiary alicyclic amines) is 1. The van der Waals surface area contributed by atoms with Crippen LogP contribution in [-0.2, 0) is 17.8 Å². The molecule has 28 heavy (non-hydrogen) atoms. The third-order valence-electron chi connectivity index (χ3n) is 5.71. The zero-order chi connectivity index (χ0) is 19.3. The number of nitrogens with zero attached hydrogens (tertiary/aromatic N) is 1. The Kier molecular flexibility index (Phi) is 5.63. The summed E-state index contributed by atoms with van der Waals surface area (Å²) in [6.07, 6.45) is 4.61. The van der Waals surface area contributed by atoms with Crippen LogP contribution >= 0.6 is 0 Å². The number of phenols is 1. The highest BCUT2D eigenvalue weighted by molar-refractivity contribution is 5.83. The van der Waals surface area contributed by atoms with E-state index in [1.54, 1.807) is 6.07 Å². The molecule has 3 N–H and O–H groups in total. The van der Waals surface area contributed by atoms with Crippen molar-refractivity contribution in [2.45, 2.75) is 25.8 Å². The van der Waals surface area contributed by atoms with Crippen molar-refractivity contribution in [3.8, 4) is 5.75 Å². The minimum Gasteiger partial charge on any atom is -0.508 e. The molecule has 0 unspecified atom stereocenters. The van der Waals surface area contributed by atoms with Crippen molar-refractivity contribution in [2.24, 2.45) is 5.92 Å². The molecule has 0 atom stereocenters. The third kappa shape index (κ3) is 4.20. The summed E-state index contributed by atoms with van der Waals surface area (Å²) < 4.78 is 0. The van der Waals surface area contributed by atoms with Gasteiger partial charge in [-0.1, -0.05) is 36.4 Å². The van der Waals surface area contributed by atoms with E-state index in [1.807, 2.05) is 36.5 Å². The summed E-state index contributed by atoms with van der Waals surface area (Å²) >= 11 is 0. The Bertz CT molecular complexity index is 942. The van der Waals surface area contributed by atoms with Gasteiger partial charge in [0, 0.05) is 41.7 Å². The minimum atomic E-state index is 0.0867. The molecule has 0 spiro atoms. The van der Waals surface area contributed by atoms with Gasteiger partial charge in [-0.15, -0.1) is 0 Å². The van der Waals surface area contributed by atoms with Gasteiger partial charge in [0.1, 0.15) is 5.75 Å². The van der Waals surface area contributed by atoms with Gasteiger partial charge < -0.3 is 15.4 Å². The first-order chi connectivity index (χ1) is 13.7. The summed E-state index contributed by atoms with van der Waals surface area (Å²) in [5, 5.41) is 14.3. The smallest absolute Gasteiger partial charge is 0.223 e. The zero-order valence-corrected chi connectivity index (χ0v) is 16.0. The van der Waals surface area contributed by atoms with Gasteiger partial charge in [0.2, 0.25) is 5.91 Å². The van der Waals surface area contributed by atoms with Crippen molar-refractivity contribution in [3.05, 3.63) is 65.9 Å². The predicted molar refractivity (Wildman–Crippen MR) is 111 cm³/mol. The van der Waals surface area contributed by atoms with Gasteiger partial charge in [-0.05, 0) is 50.0 Å². The standard InChI is InChI=1S/C23H27N3O2/c27-22-8-4-1-5-19(22)16-26-13-10-17(11-14-26)23(28)24-12-9-18-15-25-21-7-3-2-6-20(18)21/h1-8,15,17,25,27H,9-14,16H2,(H,24,28). The molecule has 1 aliphatic rings. The second-order valence-electron chi connectivity index (χ2n) is 7.58. The topological polar surface area (TPSA) is 68.4 Å². The molecule has 1 aromatic heterocycles. The summed E-state index contributed by atoms with van der Waals surface area (Å²) in [4.78, 5) is 18.1. The molecule has 5 nitrogen and oxygen atoms in total. The number of hydrogen-bond acceptors (Lipinski definition) is 3. The molecular weight excluding hydrogens is 350 g/mol. The number of phenolic OH excluding ortho intramolecular Hbond substituents is 1. The SMILES string of the molecule is O=C(NCCc1c[nH]c2ccccc12)C1CCN(Cc2ccccc2O)CC1. The molecule has 0 bridgehead atoms. The maximum absolute atomic E-state index is 12.5. The second-order valence-corrected chi connectivity index (χ2v) is 7.58. The Hall–Kier alpha value is -2.79. The summed E-state index contributed by atoms with van der Waals surface area (Å²) in [7, 11) is 0. The van der Waals surface area contributed by atoms with E-state index in [1.165, 1.54) is 10.9 Å². The molecule has 2 aromatic carbocycles. The summed E-state index contributed by atoms with van der Waals surface area (Å²) in [5.74, 6) is 0.602. The molecule has 3 aromatic rings. The fraction of sp³-hybridized carbons (Fsp3) is 0.348. The van der Waals surface area contributed by atoms with Crippen LogP contribution < -0.4 is 5.32 Å². The highest BCUT2D eigenvalue weighted by atomic mass is 16.3. The normalized spacial score (nSPS) is 15.7. The highest BCUT2D eigenvalue weighted by Gasteiger charge is 2.25. The maximum Gasteiger partial charge on any atom is 0.223 e. The number of benzene rings is 2. The first kappa shape index (κ1) is 18.6. The van der Waals surface area contributed by atoms with E-state index in [-0.39, 0.29) is 11.8 Å². The Morgan fingerprint density at radius 2 is 1.82 bits per heavy atom. The van der Waals surface area contributed by atoms with Gasteiger partial charge >= 0.3 is 0 Å². The molecule has 5 heteroatoms. The van der Waals surface area contributed by atoms with Crippen LogP contribution in [0.1, 0.15) is 24.0 Å². The number of aromatic hydroxyl groups is 1. The van der Waals surface area contributed by atoms with Crippen molar-refractivity contribution >= 4 is 16.8 Å². The Morgan fingerprint density at radius 1 is 1.07 bits per heavy atom. The Labute approximate surface area is 165 Å². The third-order valence-corrected chi connectivity index (χ3v) is 5.71. The number of rotatable bonds is 6. The van der Waals surface area contributed by atoms with Crippen LogP contribution in [0.15, 0.2) is 54.7 Å². The molecular formula is C23H27N3O2. The van der Waals surface area contributed by atoms with Crippen LogP contribution in [0.25, 0.3) is 10.9 Å². The Balaban J connectivity index is 1.22. The van der Waals surface area contributed by atoms with Gasteiger partial charge in [-0.2, -0.15) is 0 Å². The average molecular weight is 377 g/mol. The number of fused-ring (bicyclic) bond motifs is 1. The quantitative estimate of drug-likeness (QED) is 0.616. The summed E-state index contributed by atoms with van der Waals surface area (Å²) in [6, 6.07) is 15.7. The molecule has 1 fully saturated rings. The minimum absolute atomic E-state index is 0.0867. The van der Waals surface area contributed by atoms with E-state index in [2.05, 4.69) is 27.3 Å². The first-order valence-electron chi connectivity index (χ1n) is 10.0. The summed E-state index contributed by atoms with van der Waals surface area (Å²) in [6.45, 7) is 3.17. The van der Waals surface area contributed by atoms with Gasteiger partial charge in [0.05, 0.1) is 0 Å². The van der Waals surface area contributed by atoms with E-state index >= 15 is 0 Å². The molecule has 146 valence electrons. The van der Waals surface area contributed by atoms with Crippen molar-refractivity contribution in [1.82, 2.24) is 15.2 Å². The number of hydrogen-bond donors (Lipinski definition) is 3. The number of piperidine rings is 1. The highest BCUT2D eigenvalue weighted by Crippen LogP contribution is 2.23. The van der Waals surface area contributed by atoms with Crippen molar-refractivity contribution < 1.29 is 9.90 Å². The number of aromatic nitrogens is 1. The Morgan fingerprint density at radius 3 is 2.64 bits per heavy atom. The zero-order valence-electron chi connectivity index (χ0n) is 16.0. The lowest BCUT2D eigenvalue weighted by molar-refractivity contribution is -0.126. The number of aromatic amines is 1. The lowest BCUT2D eigenvalue weighted by atomic mass is 9.95. The number of H-pyrrole nitrogens is 1. The van der Waals surface area contributed by atoms with Crippen LogP contribution in [0, 0.1) is 5.92 Å². The van der Waals surface area contributed by atoms with Crippen LogP contribution in [0.3, 0.4) is 0 Å². The van der Waals surface area contributed by atoms with E-state index < -0.39 is 0 Å². The number of carbonyl (C=O) groups is 1. The maximum atomic E-state index is 12.5. The van der Waals surface area contributed by atoms with Crippen LogP contribution in [-0.4, -0.2) is 40.5 Å². The van der Waals surface area contributed by atoms with Gasteiger partial charge in [-0.3, -0.25) is 9.69 Å². The molecule has 0 radical (unpaired) electrons. The van der Waals surface area contributed by atoms with E-state index in [9.17, 15) is 9.90 Å². The number of amides is 1. The monoisotopic (exact) mass is 377 g/mol. The average Bonchev–Trinajstić information content (AvgIpc) is 3.13. The summed E-state index contributed by atoms with van der Waals surface area (Å²) in [5.41, 5.74) is 3.33. The number of carbonyl (C=O) groups excluding carboxylic acids is 1. The van der Waals surface area contributed by atoms with Crippen molar-refractivity contribution in [1.29, 1.82) is 0 Å². The lowest BCUT2D eigenvalue weighted by Gasteiger charge is -2.31. The second kappa shape index (κ2) is 8.48. The van der Waals surface area contributed by atoms with Crippen LogP contribution in [0.2, 0.25) is 0 Å². The first-order valence-corrected chi connectivity index (χ1v) is 10.0. The lowest BCUT2D eigenvalue weighted by Crippen LogP contribution is -2.40. The number of para-hydroxylation sites is 2. The molecule has 1 amide bonds. The van der Waals surface area contributed by atoms with Gasteiger partial charge in [0.15, 0.2) is 0 Å². The largest absolute Gasteiger partial charge is 0.508 e. The molecule has 2 heterocycles. The molecule has 1 aliphatic heterocycles. The van der Waals surface area contributed by atoms with E-state index in [0.29, 0.717) is 12.3 Å². The van der Waals surface area contributed by atoms with E-state index in [4.69, 9.17) is 0 Å². The molecule has 1 saturated heterocycles. The fourth-order valence-electron chi connectivity index (χ4n) is 4.04.